The molecular formula is C26H26ClNO4. The fraction of sp³-hybridized carbons (Fsp3) is 0.269. The van der Waals surface area contributed by atoms with Gasteiger partial charge in [-0.1, -0.05) is 54.1 Å². The third kappa shape index (κ3) is 4.26. The summed E-state index contributed by atoms with van der Waals surface area (Å²) < 4.78 is 16.9. The van der Waals surface area contributed by atoms with Crippen LogP contribution < -0.4 is 14.2 Å². The first-order valence-electron chi connectivity index (χ1n) is 10.5. The number of carbonyl (C=O) groups is 1. The van der Waals surface area contributed by atoms with Crippen molar-refractivity contribution < 1.29 is 19.0 Å². The zero-order valence-corrected chi connectivity index (χ0v) is 19.1. The first kappa shape index (κ1) is 22.0. The number of nitrogens with zero attached hydrogens (tertiary/aromatic N) is 1. The average molecular weight is 452 g/mol. The number of hydrogen-bond donors (Lipinski definition) is 0. The van der Waals surface area contributed by atoms with Gasteiger partial charge in [0.1, 0.15) is 11.8 Å². The molecule has 166 valence electrons. The second-order valence-electron chi connectivity index (χ2n) is 7.74. The molecule has 0 spiro atoms. The topological polar surface area (TPSA) is 48.0 Å². The number of aryl methyl sites for hydroxylation is 1. The summed E-state index contributed by atoms with van der Waals surface area (Å²) in [4.78, 5) is 15.0. The van der Waals surface area contributed by atoms with Gasteiger partial charge >= 0.3 is 0 Å². The van der Waals surface area contributed by atoms with E-state index in [2.05, 4.69) is 0 Å². The van der Waals surface area contributed by atoms with E-state index in [0.717, 1.165) is 16.7 Å². The summed E-state index contributed by atoms with van der Waals surface area (Å²) in [5.41, 5.74) is 2.93. The maximum absolute atomic E-state index is 13.1. The number of methoxy groups -OCH3 is 2. The molecule has 0 radical (unpaired) electrons. The molecule has 32 heavy (non-hydrogen) atoms. The van der Waals surface area contributed by atoms with E-state index in [0.29, 0.717) is 35.2 Å². The van der Waals surface area contributed by atoms with Crippen molar-refractivity contribution >= 4 is 17.5 Å². The van der Waals surface area contributed by atoms with Gasteiger partial charge in [-0.25, -0.2) is 0 Å². The maximum atomic E-state index is 13.1. The van der Waals surface area contributed by atoms with Crippen LogP contribution in [0.25, 0.3) is 0 Å². The minimum atomic E-state index is -0.610. The number of para-hydroxylation sites is 1. The number of amides is 1. The van der Waals surface area contributed by atoms with Crippen LogP contribution in [-0.4, -0.2) is 37.7 Å². The summed E-state index contributed by atoms with van der Waals surface area (Å²) in [6.45, 7) is 2.51. The molecule has 1 saturated heterocycles. The first-order valence-corrected chi connectivity index (χ1v) is 10.9. The summed E-state index contributed by atoms with van der Waals surface area (Å²) in [7, 11) is 3.22. The quantitative estimate of drug-likeness (QED) is 0.439. The number of rotatable bonds is 8. The fourth-order valence-electron chi connectivity index (χ4n) is 4.04. The maximum Gasteiger partial charge on any atom is 0.266 e. The van der Waals surface area contributed by atoms with Crippen molar-refractivity contribution in [3.8, 4) is 17.2 Å². The number of carbonyl (C=O) groups excluding carboxylic acids is 1. The second-order valence-corrected chi connectivity index (χ2v) is 8.15. The zero-order valence-electron chi connectivity index (χ0n) is 18.4. The highest BCUT2D eigenvalue weighted by Gasteiger charge is 2.50. The summed E-state index contributed by atoms with van der Waals surface area (Å²) in [5, 5.41) is 0.625. The Kier molecular flexibility index (Phi) is 6.56. The van der Waals surface area contributed by atoms with Crippen LogP contribution >= 0.6 is 11.6 Å². The van der Waals surface area contributed by atoms with Crippen LogP contribution in [0.5, 0.6) is 17.2 Å². The lowest BCUT2D eigenvalue weighted by Crippen LogP contribution is -2.61. The average Bonchev–Trinajstić information content (AvgIpc) is 2.81. The normalized spacial score (nSPS) is 17.6. The van der Waals surface area contributed by atoms with Gasteiger partial charge in [0, 0.05) is 11.6 Å². The molecule has 0 saturated carbocycles. The molecule has 1 aliphatic heterocycles. The molecule has 1 heterocycles. The zero-order chi connectivity index (χ0) is 22.7. The van der Waals surface area contributed by atoms with Crippen LogP contribution in [0.15, 0.2) is 66.7 Å². The number of ether oxygens (including phenoxy) is 3. The molecule has 2 atom stereocenters. The SMILES string of the molecule is COc1ccc(CCN2C(=O)[C@H](Oc3ccccc3C)[C@H]2c2ccccc2Cl)cc1OC. The van der Waals surface area contributed by atoms with Crippen LogP contribution in [0.3, 0.4) is 0 Å². The molecule has 0 N–H and O–H groups in total. The Morgan fingerprint density at radius 1 is 0.906 bits per heavy atom. The minimum absolute atomic E-state index is 0.0429. The second kappa shape index (κ2) is 9.53. The highest BCUT2D eigenvalue weighted by Crippen LogP contribution is 2.41. The molecule has 0 unspecified atom stereocenters. The molecule has 1 aliphatic rings. The Bertz CT molecular complexity index is 1120. The van der Waals surface area contributed by atoms with Gasteiger partial charge in [0.2, 0.25) is 6.10 Å². The van der Waals surface area contributed by atoms with Crippen molar-refractivity contribution in [3.63, 3.8) is 0 Å². The van der Waals surface area contributed by atoms with Crippen LogP contribution in [-0.2, 0) is 11.2 Å². The van der Waals surface area contributed by atoms with Crippen LogP contribution in [0.4, 0.5) is 0 Å². The molecule has 0 aromatic heterocycles. The number of halogens is 1. The van der Waals surface area contributed by atoms with Gasteiger partial charge in [0.05, 0.1) is 14.2 Å². The molecule has 6 heteroatoms. The minimum Gasteiger partial charge on any atom is -0.493 e. The number of β-lactam (4-membered cyclic amide) rings is 1. The van der Waals surface area contributed by atoms with Crippen LogP contribution in [0, 0.1) is 6.92 Å². The molecule has 4 rings (SSSR count). The molecular weight excluding hydrogens is 426 g/mol. The lowest BCUT2D eigenvalue weighted by Gasteiger charge is -2.47. The largest absolute Gasteiger partial charge is 0.493 e. The van der Waals surface area contributed by atoms with E-state index in [1.54, 1.807) is 14.2 Å². The smallest absolute Gasteiger partial charge is 0.266 e. The van der Waals surface area contributed by atoms with E-state index >= 15 is 0 Å². The number of benzene rings is 3. The van der Waals surface area contributed by atoms with E-state index < -0.39 is 6.10 Å². The molecule has 0 bridgehead atoms. The Morgan fingerprint density at radius 3 is 2.34 bits per heavy atom. The van der Waals surface area contributed by atoms with Crippen LogP contribution in [0.1, 0.15) is 22.7 Å². The summed E-state index contributed by atoms with van der Waals surface area (Å²) in [6, 6.07) is 20.9. The third-order valence-corrected chi connectivity index (χ3v) is 6.15. The molecule has 1 amide bonds. The summed E-state index contributed by atoms with van der Waals surface area (Å²) in [5.74, 6) is 2.02. The predicted molar refractivity (Wildman–Crippen MR) is 125 cm³/mol. The van der Waals surface area contributed by atoms with Crippen molar-refractivity contribution in [2.75, 3.05) is 20.8 Å². The molecule has 5 nitrogen and oxygen atoms in total. The van der Waals surface area contributed by atoms with Gasteiger partial charge in [-0.05, 0) is 54.3 Å². The van der Waals surface area contributed by atoms with Crippen molar-refractivity contribution in [1.29, 1.82) is 0 Å². The summed E-state index contributed by atoms with van der Waals surface area (Å²) in [6.07, 6.45) is 0.0610. The van der Waals surface area contributed by atoms with E-state index in [4.69, 9.17) is 25.8 Å². The lowest BCUT2D eigenvalue weighted by molar-refractivity contribution is -0.164. The van der Waals surface area contributed by atoms with Crippen molar-refractivity contribution in [1.82, 2.24) is 4.90 Å². The van der Waals surface area contributed by atoms with Crippen molar-refractivity contribution in [3.05, 3.63) is 88.4 Å². The highest BCUT2D eigenvalue weighted by atomic mass is 35.5. The van der Waals surface area contributed by atoms with E-state index in [1.165, 1.54) is 0 Å². The van der Waals surface area contributed by atoms with Crippen molar-refractivity contribution in [2.24, 2.45) is 0 Å². The Balaban J connectivity index is 1.56. The van der Waals surface area contributed by atoms with Gasteiger partial charge in [0.15, 0.2) is 11.5 Å². The van der Waals surface area contributed by atoms with Gasteiger partial charge in [-0.2, -0.15) is 0 Å². The monoisotopic (exact) mass is 451 g/mol. The van der Waals surface area contributed by atoms with Gasteiger partial charge < -0.3 is 19.1 Å². The number of likely N-dealkylation sites (tertiary alicyclic amines) is 1. The van der Waals surface area contributed by atoms with Crippen molar-refractivity contribution in [2.45, 2.75) is 25.5 Å². The van der Waals surface area contributed by atoms with Gasteiger partial charge in [0.25, 0.3) is 5.91 Å². The van der Waals surface area contributed by atoms with Crippen LogP contribution in [0.2, 0.25) is 5.02 Å². The number of hydrogen-bond acceptors (Lipinski definition) is 4. The summed E-state index contributed by atoms with van der Waals surface area (Å²) >= 11 is 6.51. The first-order chi connectivity index (χ1) is 15.5. The lowest BCUT2D eigenvalue weighted by atomic mass is 9.89. The molecule has 3 aromatic rings. The van der Waals surface area contributed by atoms with Gasteiger partial charge in [-0.15, -0.1) is 0 Å². The van der Waals surface area contributed by atoms with E-state index in [-0.39, 0.29) is 11.9 Å². The third-order valence-electron chi connectivity index (χ3n) is 5.81. The Labute approximate surface area is 193 Å². The van der Waals surface area contributed by atoms with E-state index in [1.807, 2.05) is 78.6 Å². The highest BCUT2D eigenvalue weighted by molar-refractivity contribution is 6.31. The molecule has 3 aromatic carbocycles. The molecule has 0 aliphatic carbocycles. The standard InChI is InChI=1S/C26H26ClNO4/c1-17-8-4-7-11-21(17)32-25-24(19-9-5-6-10-20(19)27)28(26(25)29)15-14-18-12-13-22(30-2)23(16-18)31-3/h4-13,16,24-25H,14-15H2,1-3H3/t24-,25-/m1/s1. The van der Waals surface area contributed by atoms with E-state index in [9.17, 15) is 4.79 Å². The predicted octanol–water partition coefficient (Wildman–Crippen LogP) is 5.24. The fourth-order valence-corrected chi connectivity index (χ4v) is 4.29. The van der Waals surface area contributed by atoms with Gasteiger partial charge in [-0.3, -0.25) is 4.79 Å². The Morgan fingerprint density at radius 2 is 1.62 bits per heavy atom. The molecule has 1 fully saturated rings. The Hall–Kier alpha value is -3.18.